The van der Waals surface area contributed by atoms with E-state index >= 15 is 0 Å². The van der Waals surface area contributed by atoms with Gasteiger partial charge in [-0.05, 0) is 94.0 Å². The summed E-state index contributed by atoms with van der Waals surface area (Å²) in [6.07, 6.45) is 0. The maximum atomic E-state index is 6.52. The molecule has 4 heteroatoms. The van der Waals surface area contributed by atoms with Crippen LogP contribution in [0, 0.1) is 0 Å². The first-order valence-corrected chi connectivity index (χ1v) is 20.3. The number of benzene rings is 9. The lowest BCUT2D eigenvalue weighted by Gasteiger charge is -2.11. The zero-order chi connectivity index (χ0) is 39.6. The molecular weight excluding hydrogens is 731 g/mol. The summed E-state index contributed by atoms with van der Waals surface area (Å²) in [5.41, 5.74) is 15.9. The van der Waals surface area contributed by atoms with Crippen LogP contribution in [0.25, 0.3) is 116 Å². The fraction of sp³-hybridized carbons (Fsp3) is 0. The van der Waals surface area contributed by atoms with Crippen LogP contribution in [0.15, 0.2) is 217 Å². The lowest BCUT2D eigenvalue weighted by Crippen LogP contribution is -1.95. The van der Waals surface area contributed by atoms with Gasteiger partial charge in [0.1, 0.15) is 11.2 Å². The number of para-hydroxylation sites is 3. The third-order valence-electron chi connectivity index (χ3n) is 11.8. The molecule has 0 spiro atoms. The van der Waals surface area contributed by atoms with Gasteiger partial charge in [0.05, 0.1) is 22.2 Å². The highest BCUT2D eigenvalue weighted by molar-refractivity contribution is 6.14. The Bertz CT molecular complexity index is 3580. The number of aromatic nitrogens is 3. The zero-order valence-corrected chi connectivity index (χ0v) is 32.5. The molecule has 280 valence electrons. The maximum absolute atomic E-state index is 6.52. The second-order valence-corrected chi connectivity index (χ2v) is 15.3. The molecule has 0 atom stereocenters. The highest BCUT2D eigenvalue weighted by Crippen LogP contribution is 2.41. The molecule has 3 heterocycles. The van der Waals surface area contributed by atoms with Gasteiger partial charge in [0.25, 0.3) is 0 Å². The molecule has 12 aromatic rings. The average molecular weight is 766 g/mol. The van der Waals surface area contributed by atoms with Gasteiger partial charge < -0.3 is 8.98 Å². The van der Waals surface area contributed by atoms with Crippen molar-refractivity contribution in [2.75, 3.05) is 0 Å². The topological polar surface area (TPSA) is 43.9 Å². The van der Waals surface area contributed by atoms with Crippen LogP contribution < -0.4 is 0 Å². The van der Waals surface area contributed by atoms with Crippen LogP contribution in [-0.4, -0.2) is 14.5 Å². The Morgan fingerprint density at radius 2 is 0.933 bits per heavy atom. The molecule has 0 unspecified atom stereocenters. The normalized spacial score (nSPS) is 11.7. The van der Waals surface area contributed by atoms with Crippen molar-refractivity contribution in [2.45, 2.75) is 0 Å². The largest absolute Gasteiger partial charge is 0.456 e. The van der Waals surface area contributed by atoms with E-state index in [0.717, 1.165) is 72.0 Å². The summed E-state index contributed by atoms with van der Waals surface area (Å²) in [5.74, 6) is 0.664. The second-order valence-electron chi connectivity index (χ2n) is 15.3. The van der Waals surface area contributed by atoms with Crippen molar-refractivity contribution in [1.82, 2.24) is 14.5 Å². The molecule has 4 nitrogen and oxygen atoms in total. The highest BCUT2D eigenvalue weighted by atomic mass is 16.3. The standard InChI is InChI=1S/C56H35N3O/c1-3-13-36(14-4-1)39-15-11-16-40(33-39)37-25-27-38(28-26-37)55-45-20-7-9-22-49(45)57-56(58-55)46-21-12-24-53-54(46)48-35-42(30-32-52(48)60-53)41-29-31-51-47(34-41)44-19-8-10-23-50(44)59(51)43-17-5-2-6-18-43/h1-35H. The molecule has 3 aromatic heterocycles. The first-order chi connectivity index (χ1) is 29.7. The first kappa shape index (κ1) is 34.0. The summed E-state index contributed by atoms with van der Waals surface area (Å²) < 4.78 is 8.87. The minimum absolute atomic E-state index is 0.664. The fourth-order valence-corrected chi connectivity index (χ4v) is 8.95. The van der Waals surface area contributed by atoms with E-state index in [1.54, 1.807) is 0 Å². The Hall–Kier alpha value is -8.08. The maximum Gasteiger partial charge on any atom is 0.161 e. The van der Waals surface area contributed by atoms with Crippen LogP contribution in [-0.2, 0) is 0 Å². The average Bonchev–Trinajstić information content (AvgIpc) is 3.87. The van der Waals surface area contributed by atoms with Crippen LogP contribution in [0.5, 0.6) is 0 Å². The number of furan rings is 1. The van der Waals surface area contributed by atoms with Crippen molar-refractivity contribution in [3.05, 3.63) is 212 Å². The number of hydrogen-bond acceptors (Lipinski definition) is 3. The minimum atomic E-state index is 0.664. The van der Waals surface area contributed by atoms with Crippen LogP contribution >= 0.6 is 0 Å². The van der Waals surface area contributed by atoms with Gasteiger partial charge >= 0.3 is 0 Å². The van der Waals surface area contributed by atoms with Crippen LogP contribution in [0.2, 0.25) is 0 Å². The SMILES string of the molecule is c1ccc(-c2cccc(-c3ccc(-c4nc(-c5cccc6oc7ccc(-c8ccc9c(c8)c8ccccc8n9-c8ccccc8)cc7c56)nc5ccccc45)cc3)c2)cc1. The summed E-state index contributed by atoms with van der Waals surface area (Å²) in [6.45, 7) is 0. The van der Waals surface area contributed by atoms with Crippen LogP contribution in [0.1, 0.15) is 0 Å². The summed E-state index contributed by atoms with van der Waals surface area (Å²) in [4.78, 5) is 10.5. The van der Waals surface area contributed by atoms with Gasteiger partial charge in [-0.2, -0.15) is 0 Å². The van der Waals surface area contributed by atoms with E-state index in [9.17, 15) is 0 Å². The number of rotatable bonds is 6. The number of hydrogen-bond donors (Lipinski definition) is 0. The number of nitrogens with zero attached hydrogens (tertiary/aromatic N) is 3. The molecule has 0 aliphatic rings. The van der Waals surface area contributed by atoms with Gasteiger partial charge in [0, 0.05) is 43.7 Å². The molecule has 0 bridgehead atoms. The quantitative estimate of drug-likeness (QED) is 0.169. The van der Waals surface area contributed by atoms with Crippen molar-refractivity contribution < 1.29 is 4.42 Å². The van der Waals surface area contributed by atoms with E-state index in [0.29, 0.717) is 5.82 Å². The van der Waals surface area contributed by atoms with Gasteiger partial charge in [0.15, 0.2) is 5.82 Å². The van der Waals surface area contributed by atoms with Crippen molar-refractivity contribution in [3.8, 4) is 61.7 Å². The Morgan fingerprint density at radius 1 is 0.350 bits per heavy atom. The molecular formula is C56H35N3O. The van der Waals surface area contributed by atoms with E-state index in [-0.39, 0.29) is 0 Å². The Labute approximate surface area is 346 Å². The molecule has 0 aliphatic carbocycles. The molecule has 0 fully saturated rings. The molecule has 0 aliphatic heterocycles. The predicted molar refractivity (Wildman–Crippen MR) is 248 cm³/mol. The van der Waals surface area contributed by atoms with Gasteiger partial charge in [-0.25, -0.2) is 9.97 Å². The summed E-state index contributed by atoms with van der Waals surface area (Å²) in [5, 5.41) is 5.49. The van der Waals surface area contributed by atoms with Gasteiger partial charge in [-0.3, -0.25) is 0 Å². The Kier molecular flexibility index (Phi) is 7.82. The summed E-state index contributed by atoms with van der Waals surface area (Å²) in [7, 11) is 0. The van der Waals surface area contributed by atoms with Crippen molar-refractivity contribution in [2.24, 2.45) is 0 Å². The third-order valence-corrected chi connectivity index (χ3v) is 11.8. The van der Waals surface area contributed by atoms with E-state index < -0.39 is 0 Å². The number of fused-ring (bicyclic) bond motifs is 7. The van der Waals surface area contributed by atoms with Crippen LogP contribution in [0.4, 0.5) is 0 Å². The van der Waals surface area contributed by atoms with Gasteiger partial charge in [0.2, 0.25) is 0 Å². The predicted octanol–water partition coefficient (Wildman–Crippen LogP) is 15.0. The lowest BCUT2D eigenvalue weighted by molar-refractivity contribution is 0.669. The molecule has 60 heavy (non-hydrogen) atoms. The fourth-order valence-electron chi connectivity index (χ4n) is 8.95. The lowest BCUT2D eigenvalue weighted by atomic mass is 9.97. The summed E-state index contributed by atoms with van der Waals surface area (Å²) >= 11 is 0. The molecule has 0 amide bonds. The van der Waals surface area contributed by atoms with Gasteiger partial charge in [-0.1, -0.05) is 152 Å². The van der Waals surface area contributed by atoms with E-state index in [1.807, 2.05) is 18.2 Å². The van der Waals surface area contributed by atoms with Gasteiger partial charge in [-0.15, -0.1) is 0 Å². The molecule has 0 saturated carbocycles. The van der Waals surface area contributed by atoms with E-state index in [4.69, 9.17) is 14.4 Å². The Morgan fingerprint density at radius 3 is 1.75 bits per heavy atom. The van der Waals surface area contributed by atoms with Crippen molar-refractivity contribution >= 4 is 54.6 Å². The first-order valence-electron chi connectivity index (χ1n) is 20.3. The molecule has 0 N–H and O–H groups in total. The molecule has 12 rings (SSSR count). The minimum Gasteiger partial charge on any atom is -0.456 e. The van der Waals surface area contributed by atoms with Crippen LogP contribution in [0.3, 0.4) is 0 Å². The summed E-state index contributed by atoms with van der Waals surface area (Å²) in [6, 6.07) is 75.0. The van der Waals surface area contributed by atoms with Crippen molar-refractivity contribution in [3.63, 3.8) is 0 Å². The van der Waals surface area contributed by atoms with E-state index in [1.165, 1.54) is 38.5 Å². The molecule has 0 radical (unpaired) electrons. The highest BCUT2D eigenvalue weighted by Gasteiger charge is 2.19. The molecule has 0 saturated heterocycles. The van der Waals surface area contributed by atoms with Crippen molar-refractivity contribution in [1.29, 1.82) is 0 Å². The zero-order valence-electron chi connectivity index (χ0n) is 32.5. The monoisotopic (exact) mass is 765 g/mol. The smallest absolute Gasteiger partial charge is 0.161 e. The second kappa shape index (κ2) is 13.8. The third kappa shape index (κ3) is 5.61. The van der Waals surface area contributed by atoms with E-state index in [2.05, 4.69) is 199 Å². The Balaban J connectivity index is 0.968. The molecule has 9 aromatic carbocycles.